The van der Waals surface area contributed by atoms with Crippen molar-refractivity contribution in [1.29, 1.82) is 0 Å². The van der Waals surface area contributed by atoms with E-state index in [2.05, 4.69) is 15.5 Å². The van der Waals surface area contributed by atoms with Crippen LogP contribution < -0.4 is 10.6 Å². The average Bonchev–Trinajstić information content (AvgIpc) is 2.48. The van der Waals surface area contributed by atoms with Gasteiger partial charge in [0.1, 0.15) is 0 Å². The molecule has 0 atom stereocenters. The number of carbonyl (C=O) groups excluding carboxylic acids is 1. The van der Waals surface area contributed by atoms with Crippen LogP contribution in [0.15, 0.2) is 24.3 Å². The second kappa shape index (κ2) is 7.46. The zero-order chi connectivity index (χ0) is 16.0. The SMILES string of the molecule is O=C(NCCN1CCOCC1)Nc1cccc(C(F)(F)F)c1. The van der Waals surface area contributed by atoms with E-state index in [0.717, 1.165) is 25.2 Å². The van der Waals surface area contributed by atoms with E-state index in [0.29, 0.717) is 26.3 Å². The van der Waals surface area contributed by atoms with Gasteiger partial charge in [-0.3, -0.25) is 4.90 Å². The highest BCUT2D eigenvalue weighted by Gasteiger charge is 2.30. The zero-order valence-electron chi connectivity index (χ0n) is 11.9. The van der Waals surface area contributed by atoms with Gasteiger partial charge >= 0.3 is 12.2 Å². The molecule has 2 N–H and O–H groups in total. The molecule has 5 nitrogen and oxygen atoms in total. The maximum absolute atomic E-state index is 12.6. The Morgan fingerprint density at radius 3 is 2.68 bits per heavy atom. The first-order chi connectivity index (χ1) is 10.4. The highest BCUT2D eigenvalue weighted by molar-refractivity contribution is 5.89. The van der Waals surface area contributed by atoms with Crippen molar-refractivity contribution >= 4 is 11.7 Å². The van der Waals surface area contributed by atoms with Crippen LogP contribution in [-0.2, 0) is 10.9 Å². The third kappa shape index (κ3) is 5.19. The van der Waals surface area contributed by atoms with Gasteiger partial charge in [-0.05, 0) is 18.2 Å². The standard InChI is InChI=1S/C14H18F3N3O2/c15-14(16,17)11-2-1-3-12(10-11)19-13(21)18-4-5-20-6-8-22-9-7-20/h1-3,10H,4-9H2,(H2,18,19,21). The molecule has 1 aliphatic rings. The molecule has 122 valence electrons. The zero-order valence-corrected chi connectivity index (χ0v) is 11.9. The van der Waals surface area contributed by atoms with Crippen LogP contribution in [0.5, 0.6) is 0 Å². The summed E-state index contributed by atoms with van der Waals surface area (Å²) >= 11 is 0. The van der Waals surface area contributed by atoms with E-state index in [9.17, 15) is 18.0 Å². The number of rotatable bonds is 4. The number of amides is 2. The summed E-state index contributed by atoms with van der Waals surface area (Å²) < 4.78 is 42.9. The van der Waals surface area contributed by atoms with E-state index in [1.165, 1.54) is 12.1 Å². The lowest BCUT2D eigenvalue weighted by atomic mass is 10.2. The molecule has 1 saturated heterocycles. The molecular weight excluding hydrogens is 299 g/mol. The molecule has 1 aromatic carbocycles. The van der Waals surface area contributed by atoms with Crippen molar-refractivity contribution in [2.24, 2.45) is 0 Å². The summed E-state index contributed by atoms with van der Waals surface area (Å²) in [6.45, 7) is 4.09. The first-order valence-corrected chi connectivity index (χ1v) is 6.97. The van der Waals surface area contributed by atoms with Gasteiger partial charge in [0.2, 0.25) is 0 Å². The Balaban J connectivity index is 1.77. The van der Waals surface area contributed by atoms with E-state index < -0.39 is 17.8 Å². The Kier molecular flexibility index (Phi) is 5.62. The van der Waals surface area contributed by atoms with Gasteiger partial charge in [0.15, 0.2) is 0 Å². The summed E-state index contributed by atoms with van der Waals surface area (Å²) in [6.07, 6.45) is -4.43. The Hall–Kier alpha value is -1.80. The van der Waals surface area contributed by atoms with Crippen molar-refractivity contribution < 1.29 is 22.7 Å². The fourth-order valence-corrected chi connectivity index (χ4v) is 2.10. The van der Waals surface area contributed by atoms with Crippen molar-refractivity contribution in [1.82, 2.24) is 10.2 Å². The Labute approximate surface area is 126 Å². The summed E-state index contributed by atoms with van der Waals surface area (Å²) in [6, 6.07) is 4.01. The Morgan fingerprint density at radius 2 is 2.00 bits per heavy atom. The molecule has 0 unspecified atom stereocenters. The predicted octanol–water partition coefficient (Wildman–Crippen LogP) is 2.16. The van der Waals surface area contributed by atoms with Crippen LogP contribution >= 0.6 is 0 Å². The summed E-state index contributed by atoms with van der Waals surface area (Å²) in [5.41, 5.74) is -0.683. The number of nitrogens with one attached hydrogen (secondary N) is 2. The minimum Gasteiger partial charge on any atom is -0.379 e. The second-order valence-electron chi connectivity index (χ2n) is 4.91. The number of benzene rings is 1. The second-order valence-corrected chi connectivity index (χ2v) is 4.91. The lowest BCUT2D eigenvalue weighted by Gasteiger charge is -2.26. The third-order valence-electron chi connectivity index (χ3n) is 3.27. The van der Waals surface area contributed by atoms with Gasteiger partial charge < -0.3 is 15.4 Å². The van der Waals surface area contributed by atoms with Gasteiger partial charge in [0.25, 0.3) is 0 Å². The van der Waals surface area contributed by atoms with E-state index >= 15 is 0 Å². The molecule has 0 bridgehead atoms. The van der Waals surface area contributed by atoms with Crippen molar-refractivity contribution in [3.05, 3.63) is 29.8 Å². The maximum Gasteiger partial charge on any atom is 0.416 e. The number of halogens is 3. The molecular formula is C14H18F3N3O2. The lowest BCUT2D eigenvalue weighted by molar-refractivity contribution is -0.137. The van der Waals surface area contributed by atoms with Gasteiger partial charge in [-0.2, -0.15) is 13.2 Å². The molecule has 22 heavy (non-hydrogen) atoms. The fourth-order valence-electron chi connectivity index (χ4n) is 2.10. The fraction of sp³-hybridized carbons (Fsp3) is 0.500. The molecule has 0 aromatic heterocycles. The van der Waals surface area contributed by atoms with E-state index in [1.807, 2.05) is 0 Å². The molecule has 8 heteroatoms. The highest BCUT2D eigenvalue weighted by Crippen LogP contribution is 2.30. The highest BCUT2D eigenvalue weighted by atomic mass is 19.4. The van der Waals surface area contributed by atoms with Crippen LogP contribution in [0.2, 0.25) is 0 Å². The summed E-state index contributed by atoms with van der Waals surface area (Å²) in [5, 5.41) is 5.02. The molecule has 2 rings (SSSR count). The van der Waals surface area contributed by atoms with E-state index in [1.54, 1.807) is 0 Å². The predicted molar refractivity (Wildman–Crippen MR) is 75.7 cm³/mol. The average molecular weight is 317 g/mol. The lowest BCUT2D eigenvalue weighted by Crippen LogP contribution is -2.42. The summed E-state index contributed by atoms with van der Waals surface area (Å²) in [4.78, 5) is 13.8. The van der Waals surface area contributed by atoms with Crippen LogP contribution in [0.3, 0.4) is 0 Å². The van der Waals surface area contributed by atoms with E-state index in [-0.39, 0.29) is 5.69 Å². The van der Waals surface area contributed by atoms with Gasteiger partial charge in [-0.15, -0.1) is 0 Å². The minimum absolute atomic E-state index is 0.110. The van der Waals surface area contributed by atoms with Gasteiger partial charge in [-0.1, -0.05) is 6.07 Å². The number of urea groups is 1. The van der Waals surface area contributed by atoms with Crippen LogP contribution in [0.25, 0.3) is 0 Å². The van der Waals surface area contributed by atoms with Crippen LogP contribution in [-0.4, -0.2) is 50.3 Å². The monoisotopic (exact) mass is 317 g/mol. The van der Waals surface area contributed by atoms with Crippen LogP contribution in [0.4, 0.5) is 23.7 Å². The van der Waals surface area contributed by atoms with Crippen molar-refractivity contribution in [2.75, 3.05) is 44.7 Å². The topological polar surface area (TPSA) is 53.6 Å². The number of morpholine rings is 1. The number of hydrogen-bond donors (Lipinski definition) is 2. The normalized spacial score (nSPS) is 16.3. The molecule has 0 saturated carbocycles. The first kappa shape index (κ1) is 16.6. The Morgan fingerprint density at radius 1 is 1.27 bits per heavy atom. The number of ether oxygens (including phenoxy) is 1. The van der Waals surface area contributed by atoms with Crippen LogP contribution in [0, 0.1) is 0 Å². The van der Waals surface area contributed by atoms with Crippen molar-refractivity contribution in [2.45, 2.75) is 6.18 Å². The van der Waals surface area contributed by atoms with Crippen molar-refractivity contribution in [3.8, 4) is 0 Å². The van der Waals surface area contributed by atoms with E-state index in [4.69, 9.17) is 4.74 Å². The molecule has 0 aliphatic carbocycles. The van der Waals surface area contributed by atoms with Gasteiger partial charge in [0, 0.05) is 31.9 Å². The van der Waals surface area contributed by atoms with Gasteiger partial charge in [0.05, 0.1) is 18.8 Å². The molecule has 1 aromatic rings. The number of nitrogens with zero attached hydrogens (tertiary/aromatic N) is 1. The number of anilines is 1. The quantitative estimate of drug-likeness (QED) is 0.895. The molecule has 2 amide bonds. The molecule has 1 fully saturated rings. The maximum atomic E-state index is 12.6. The molecule has 0 radical (unpaired) electrons. The number of alkyl halides is 3. The third-order valence-corrected chi connectivity index (χ3v) is 3.27. The number of hydrogen-bond acceptors (Lipinski definition) is 3. The molecule has 1 heterocycles. The smallest absolute Gasteiger partial charge is 0.379 e. The van der Waals surface area contributed by atoms with Gasteiger partial charge in [-0.25, -0.2) is 4.79 Å². The Bertz CT molecular complexity index is 502. The minimum atomic E-state index is -4.43. The molecule has 1 aliphatic heterocycles. The summed E-state index contributed by atoms with van der Waals surface area (Å²) in [7, 11) is 0. The van der Waals surface area contributed by atoms with Crippen molar-refractivity contribution in [3.63, 3.8) is 0 Å². The summed E-state index contributed by atoms with van der Waals surface area (Å²) in [5.74, 6) is 0. The van der Waals surface area contributed by atoms with Crippen LogP contribution in [0.1, 0.15) is 5.56 Å². The largest absolute Gasteiger partial charge is 0.416 e. The first-order valence-electron chi connectivity index (χ1n) is 6.97. The molecule has 0 spiro atoms. The number of carbonyl (C=O) groups is 1.